The van der Waals surface area contributed by atoms with Crippen LogP contribution in [-0.4, -0.2) is 33.5 Å². The van der Waals surface area contributed by atoms with E-state index in [1.165, 1.54) is 0 Å². The SMILES string of the molecule is Cc1cnc2c(ccn2-c2c(CCS(N)(=O)=O)c(C)nn2C)c1. The van der Waals surface area contributed by atoms with Gasteiger partial charge in [-0.25, -0.2) is 18.5 Å². The number of nitrogens with two attached hydrogens (primary N) is 1. The molecule has 0 bridgehead atoms. The van der Waals surface area contributed by atoms with E-state index in [1.54, 1.807) is 4.68 Å². The van der Waals surface area contributed by atoms with Crippen LogP contribution in [0.3, 0.4) is 0 Å². The number of primary sulfonamides is 1. The minimum Gasteiger partial charge on any atom is -0.285 e. The maximum atomic E-state index is 11.3. The lowest BCUT2D eigenvalue weighted by Gasteiger charge is -2.09. The first kappa shape index (κ1) is 15.7. The van der Waals surface area contributed by atoms with E-state index in [1.807, 2.05) is 43.9 Å². The molecule has 0 spiro atoms. The van der Waals surface area contributed by atoms with Gasteiger partial charge in [0.1, 0.15) is 11.5 Å². The largest absolute Gasteiger partial charge is 0.285 e. The topological polar surface area (TPSA) is 95.8 Å². The van der Waals surface area contributed by atoms with Crippen molar-refractivity contribution in [1.82, 2.24) is 19.3 Å². The molecule has 0 saturated carbocycles. The Kier molecular flexibility index (Phi) is 3.73. The molecule has 0 unspecified atom stereocenters. The van der Waals surface area contributed by atoms with Crippen molar-refractivity contribution < 1.29 is 8.42 Å². The van der Waals surface area contributed by atoms with E-state index >= 15 is 0 Å². The first-order valence-corrected chi connectivity index (χ1v) is 8.95. The lowest BCUT2D eigenvalue weighted by atomic mass is 10.2. The Balaban J connectivity index is 2.15. The van der Waals surface area contributed by atoms with Crippen molar-refractivity contribution in [2.75, 3.05) is 5.75 Å². The van der Waals surface area contributed by atoms with E-state index < -0.39 is 10.0 Å². The highest BCUT2D eigenvalue weighted by Gasteiger charge is 2.18. The molecule has 3 aromatic rings. The molecule has 2 N–H and O–H groups in total. The van der Waals surface area contributed by atoms with E-state index in [9.17, 15) is 8.42 Å². The van der Waals surface area contributed by atoms with Crippen molar-refractivity contribution in [3.8, 4) is 5.82 Å². The third kappa shape index (κ3) is 2.99. The van der Waals surface area contributed by atoms with E-state index in [0.29, 0.717) is 6.42 Å². The lowest BCUT2D eigenvalue weighted by molar-refractivity contribution is 0.597. The van der Waals surface area contributed by atoms with Crippen LogP contribution in [0.15, 0.2) is 24.5 Å². The number of sulfonamides is 1. The van der Waals surface area contributed by atoms with Crippen LogP contribution in [0, 0.1) is 13.8 Å². The summed E-state index contributed by atoms with van der Waals surface area (Å²) in [7, 11) is -1.69. The average molecular weight is 333 g/mol. The predicted octanol–water partition coefficient (Wildman–Crippen LogP) is 1.21. The highest BCUT2D eigenvalue weighted by molar-refractivity contribution is 7.89. The summed E-state index contributed by atoms with van der Waals surface area (Å²) in [4.78, 5) is 4.50. The fourth-order valence-corrected chi connectivity index (χ4v) is 3.32. The number of hydrogen-bond donors (Lipinski definition) is 1. The van der Waals surface area contributed by atoms with Crippen LogP contribution in [0.1, 0.15) is 16.8 Å². The second-order valence-corrected chi connectivity index (χ2v) is 7.47. The van der Waals surface area contributed by atoms with Crippen molar-refractivity contribution in [2.45, 2.75) is 20.3 Å². The highest BCUT2D eigenvalue weighted by atomic mass is 32.2. The number of nitrogens with zero attached hydrogens (tertiary/aromatic N) is 4. The quantitative estimate of drug-likeness (QED) is 0.776. The number of hydrogen-bond acceptors (Lipinski definition) is 4. The summed E-state index contributed by atoms with van der Waals surface area (Å²) in [5.74, 6) is 0.704. The Morgan fingerprint density at radius 3 is 2.74 bits per heavy atom. The minimum absolute atomic E-state index is 0.113. The van der Waals surface area contributed by atoms with Crippen LogP contribution < -0.4 is 5.14 Å². The Labute approximate surface area is 134 Å². The fourth-order valence-electron chi connectivity index (χ4n) is 2.83. The molecule has 0 radical (unpaired) electrons. The van der Waals surface area contributed by atoms with Crippen LogP contribution in [-0.2, 0) is 23.5 Å². The predicted molar refractivity (Wildman–Crippen MR) is 89.0 cm³/mol. The van der Waals surface area contributed by atoms with E-state index in [2.05, 4.69) is 16.1 Å². The molecule has 0 amide bonds. The third-order valence-corrected chi connectivity index (χ3v) is 4.61. The third-order valence-electron chi connectivity index (χ3n) is 3.84. The molecule has 8 heteroatoms. The van der Waals surface area contributed by atoms with Gasteiger partial charge in [-0.2, -0.15) is 5.10 Å². The van der Waals surface area contributed by atoms with Crippen LogP contribution in [0.2, 0.25) is 0 Å². The zero-order valence-corrected chi connectivity index (χ0v) is 14.1. The smallest absolute Gasteiger partial charge is 0.209 e. The van der Waals surface area contributed by atoms with E-state index in [0.717, 1.165) is 33.7 Å². The molecule has 7 nitrogen and oxygen atoms in total. The standard InChI is InChI=1S/C15H19N5O2S/c1-10-8-12-4-6-20(14(12)17-9-10)15-13(5-7-23(16,21)22)11(2)18-19(15)3/h4,6,8-9H,5,7H2,1-3H3,(H2,16,21,22). The minimum atomic E-state index is -3.53. The van der Waals surface area contributed by atoms with Gasteiger partial charge in [0.15, 0.2) is 0 Å². The molecule has 3 heterocycles. The maximum Gasteiger partial charge on any atom is 0.209 e. The van der Waals surface area contributed by atoms with Crippen molar-refractivity contribution in [2.24, 2.45) is 12.2 Å². The Bertz CT molecular complexity index is 985. The number of pyridine rings is 1. The van der Waals surface area contributed by atoms with E-state index in [-0.39, 0.29) is 5.75 Å². The summed E-state index contributed by atoms with van der Waals surface area (Å²) in [5, 5.41) is 10.6. The normalized spacial score (nSPS) is 12.2. The zero-order chi connectivity index (χ0) is 16.8. The van der Waals surface area contributed by atoms with Crippen LogP contribution in [0.25, 0.3) is 16.9 Å². The monoisotopic (exact) mass is 333 g/mol. The Morgan fingerprint density at radius 1 is 1.30 bits per heavy atom. The van der Waals surface area contributed by atoms with Crippen LogP contribution in [0.4, 0.5) is 0 Å². The van der Waals surface area contributed by atoms with E-state index in [4.69, 9.17) is 5.14 Å². The first-order valence-electron chi connectivity index (χ1n) is 7.23. The van der Waals surface area contributed by atoms with Gasteiger partial charge in [0.05, 0.1) is 11.4 Å². The van der Waals surface area contributed by atoms with Gasteiger partial charge in [0, 0.05) is 30.4 Å². The van der Waals surface area contributed by atoms with Gasteiger partial charge < -0.3 is 0 Å². The summed E-state index contributed by atoms with van der Waals surface area (Å²) in [5.41, 5.74) is 3.56. The lowest BCUT2D eigenvalue weighted by Crippen LogP contribution is -2.18. The van der Waals surface area contributed by atoms with Gasteiger partial charge in [0.2, 0.25) is 10.0 Å². The first-order chi connectivity index (χ1) is 10.8. The second kappa shape index (κ2) is 5.47. The Hall–Kier alpha value is -2.19. The molecule has 3 rings (SSSR count). The summed E-state index contributed by atoms with van der Waals surface area (Å²) >= 11 is 0. The van der Waals surface area contributed by atoms with Gasteiger partial charge in [-0.05, 0) is 38.0 Å². The number of aryl methyl sites for hydroxylation is 3. The van der Waals surface area contributed by atoms with Crippen LogP contribution >= 0.6 is 0 Å². The average Bonchev–Trinajstić information content (AvgIpc) is 2.95. The summed E-state index contributed by atoms with van der Waals surface area (Å²) in [6, 6.07) is 4.05. The molecule has 0 fully saturated rings. The van der Waals surface area contributed by atoms with Crippen molar-refractivity contribution >= 4 is 21.1 Å². The number of fused-ring (bicyclic) bond motifs is 1. The van der Waals surface area contributed by atoms with Gasteiger partial charge in [0.25, 0.3) is 0 Å². The summed E-state index contributed by atoms with van der Waals surface area (Å²) < 4.78 is 26.3. The molecule has 0 aliphatic heterocycles. The zero-order valence-electron chi connectivity index (χ0n) is 13.3. The van der Waals surface area contributed by atoms with Crippen molar-refractivity contribution in [1.29, 1.82) is 0 Å². The molecule has 3 aromatic heterocycles. The Morgan fingerprint density at radius 2 is 2.04 bits per heavy atom. The number of aromatic nitrogens is 4. The molecule has 0 atom stereocenters. The summed E-state index contributed by atoms with van der Waals surface area (Å²) in [6.07, 6.45) is 4.06. The molecule has 0 aromatic carbocycles. The maximum absolute atomic E-state index is 11.3. The molecule has 23 heavy (non-hydrogen) atoms. The van der Waals surface area contributed by atoms with Gasteiger partial charge in [-0.15, -0.1) is 0 Å². The molecule has 122 valence electrons. The van der Waals surface area contributed by atoms with Crippen molar-refractivity contribution in [3.05, 3.63) is 41.3 Å². The molecular formula is C15H19N5O2S. The van der Waals surface area contributed by atoms with Gasteiger partial charge >= 0.3 is 0 Å². The number of rotatable bonds is 4. The summed E-state index contributed by atoms with van der Waals surface area (Å²) in [6.45, 7) is 3.86. The van der Waals surface area contributed by atoms with Crippen LogP contribution in [0.5, 0.6) is 0 Å². The second-order valence-electron chi connectivity index (χ2n) is 5.74. The molecule has 0 aliphatic carbocycles. The fraction of sp³-hybridized carbons (Fsp3) is 0.333. The van der Waals surface area contributed by atoms with Gasteiger partial charge in [-0.1, -0.05) is 0 Å². The van der Waals surface area contributed by atoms with Crippen molar-refractivity contribution in [3.63, 3.8) is 0 Å². The molecular weight excluding hydrogens is 314 g/mol. The highest BCUT2D eigenvalue weighted by Crippen LogP contribution is 2.24. The van der Waals surface area contributed by atoms with Gasteiger partial charge in [-0.3, -0.25) is 9.25 Å². The molecule has 0 saturated heterocycles. The molecule has 0 aliphatic rings.